The van der Waals surface area contributed by atoms with Crippen molar-refractivity contribution in [3.8, 4) is 0 Å². The number of amides is 3. The Morgan fingerprint density at radius 2 is 1.98 bits per heavy atom. The molecule has 1 aliphatic carbocycles. The SMILES string of the molecule is C[C@@H]1[C@H](c2ccccc2)C[C@H](NC(=O)c2cc3c(o2)CC[C@@]2(C3)C(=O)Nc3ncccc32)C(=O)N1CC(F)(F)F. The maximum absolute atomic E-state index is 13.4. The molecule has 3 amide bonds. The fraction of sp³-hybridized carbons (Fsp3) is 0.379. The molecule has 8 nitrogen and oxygen atoms in total. The fourth-order valence-corrected chi connectivity index (χ4v) is 6.39. The van der Waals surface area contributed by atoms with E-state index < -0.39 is 48.0 Å². The van der Waals surface area contributed by atoms with Gasteiger partial charge in [-0.3, -0.25) is 14.4 Å². The summed E-state index contributed by atoms with van der Waals surface area (Å²) in [6.45, 7) is 0.195. The van der Waals surface area contributed by atoms with E-state index in [1.165, 1.54) is 0 Å². The summed E-state index contributed by atoms with van der Waals surface area (Å²) < 4.78 is 46.1. The zero-order valence-electron chi connectivity index (χ0n) is 21.6. The van der Waals surface area contributed by atoms with Gasteiger partial charge in [-0.25, -0.2) is 4.98 Å². The van der Waals surface area contributed by atoms with E-state index in [4.69, 9.17) is 4.42 Å². The van der Waals surface area contributed by atoms with E-state index in [-0.39, 0.29) is 18.1 Å². The lowest BCUT2D eigenvalue weighted by Crippen LogP contribution is -2.59. The fourth-order valence-electron chi connectivity index (χ4n) is 6.39. The molecule has 40 heavy (non-hydrogen) atoms. The van der Waals surface area contributed by atoms with Crippen LogP contribution in [0, 0.1) is 0 Å². The van der Waals surface area contributed by atoms with Crippen molar-refractivity contribution in [2.24, 2.45) is 0 Å². The second kappa shape index (κ2) is 9.50. The topological polar surface area (TPSA) is 105 Å². The third-order valence-corrected chi connectivity index (χ3v) is 8.41. The van der Waals surface area contributed by atoms with Gasteiger partial charge in [-0.05, 0) is 49.4 Å². The van der Waals surface area contributed by atoms with Crippen LogP contribution in [0.15, 0.2) is 59.1 Å². The summed E-state index contributed by atoms with van der Waals surface area (Å²) in [5.74, 6) is -0.981. The average Bonchev–Trinajstić information content (AvgIpc) is 3.47. The molecule has 3 aromatic rings. The Hall–Kier alpha value is -4.15. The van der Waals surface area contributed by atoms with E-state index in [0.29, 0.717) is 36.4 Å². The molecule has 1 aromatic carbocycles. The van der Waals surface area contributed by atoms with Crippen LogP contribution in [0.1, 0.15) is 58.7 Å². The number of carbonyl (C=O) groups is 3. The Balaban J connectivity index is 1.24. The number of rotatable bonds is 4. The van der Waals surface area contributed by atoms with Crippen LogP contribution in [-0.4, -0.2) is 52.4 Å². The zero-order valence-corrected chi connectivity index (χ0v) is 21.6. The molecule has 2 aromatic heterocycles. The van der Waals surface area contributed by atoms with Gasteiger partial charge in [0.05, 0.1) is 5.41 Å². The molecule has 3 aliphatic rings. The Morgan fingerprint density at radius 3 is 2.73 bits per heavy atom. The van der Waals surface area contributed by atoms with E-state index in [1.807, 2.05) is 24.3 Å². The third kappa shape index (κ3) is 4.43. The highest BCUT2D eigenvalue weighted by atomic mass is 19.4. The molecular formula is C29H27F3N4O4. The summed E-state index contributed by atoms with van der Waals surface area (Å²) in [5.41, 5.74) is 1.48. The Kier molecular flexibility index (Phi) is 6.19. The number of pyridine rings is 1. The van der Waals surface area contributed by atoms with Crippen molar-refractivity contribution in [1.82, 2.24) is 15.2 Å². The lowest BCUT2D eigenvalue weighted by Gasteiger charge is -2.43. The predicted molar refractivity (Wildman–Crippen MR) is 138 cm³/mol. The molecule has 0 bridgehead atoms. The molecule has 1 fully saturated rings. The van der Waals surface area contributed by atoms with E-state index in [0.717, 1.165) is 16.0 Å². The highest BCUT2D eigenvalue weighted by molar-refractivity contribution is 6.05. The Morgan fingerprint density at radius 1 is 1.20 bits per heavy atom. The smallest absolute Gasteiger partial charge is 0.406 e. The van der Waals surface area contributed by atoms with Gasteiger partial charge in [0.15, 0.2) is 5.76 Å². The van der Waals surface area contributed by atoms with E-state index >= 15 is 0 Å². The van der Waals surface area contributed by atoms with Crippen LogP contribution in [0.2, 0.25) is 0 Å². The number of anilines is 1. The van der Waals surface area contributed by atoms with Crippen molar-refractivity contribution in [2.75, 3.05) is 11.9 Å². The van der Waals surface area contributed by atoms with Crippen LogP contribution in [-0.2, 0) is 27.8 Å². The van der Waals surface area contributed by atoms with Crippen molar-refractivity contribution < 1.29 is 32.0 Å². The van der Waals surface area contributed by atoms with Crippen LogP contribution in [0.25, 0.3) is 0 Å². The van der Waals surface area contributed by atoms with E-state index in [9.17, 15) is 27.6 Å². The summed E-state index contributed by atoms with van der Waals surface area (Å²) in [7, 11) is 0. The molecule has 0 saturated carbocycles. The zero-order chi connectivity index (χ0) is 28.2. The van der Waals surface area contributed by atoms with Crippen molar-refractivity contribution in [1.29, 1.82) is 0 Å². The van der Waals surface area contributed by atoms with Gasteiger partial charge in [0, 0.05) is 30.1 Å². The number of likely N-dealkylation sites (tertiary alicyclic amines) is 1. The second-order valence-corrected chi connectivity index (χ2v) is 10.8. The number of aromatic nitrogens is 1. The quantitative estimate of drug-likeness (QED) is 0.507. The highest BCUT2D eigenvalue weighted by Crippen LogP contribution is 2.46. The number of hydrogen-bond donors (Lipinski definition) is 2. The standard InChI is InChI=1S/C29H27F3N4O4/c1-16-19(17-6-3-2-4-7-17)13-21(26(38)36(16)15-29(30,31)32)34-25(37)23-12-18-14-28(10-9-22(18)40-23)20-8-5-11-33-24(20)35-27(28)39/h2-8,11-12,16,19,21H,9-10,13-15H2,1H3,(H,34,37)(H,33,35,39)/t16-,19-,21+,28+/m1/s1. The summed E-state index contributed by atoms with van der Waals surface area (Å²) >= 11 is 0. The van der Waals surface area contributed by atoms with Crippen molar-refractivity contribution in [2.45, 2.75) is 62.2 Å². The third-order valence-electron chi connectivity index (χ3n) is 8.41. The molecule has 1 saturated heterocycles. The Labute approximate surface area is 227 Å². The first-order valence-electron chi connectivity index (χ1n) is 13.2. The number of nitrogens with zero attached hydrogens (tertiary/aromatic N) is 2. The van der Waals surface area contributed by atoms with E-state index in [1.54, 1.807) is 37.4 Å². The number of fused-ring (bicyclic) bond motifs is 3. The lowest BCUT2D eigenvalue weighted by molar-refractivity contribution is -0.170. The van der Waals surface area contributed by atoms with Crippen LogP contribution in [0.3, 0.4) is 0 Å². The van der Waals surface area contributed by atoms with E-state index in [2.05, 4.69) is 15.6 Å². The lowest BCUT2D eigenvalue weighted by atomic mass is 9.70. The van der Waals surface area contributed by atoms with Crippen molar-refractivity contribution >= 4 is 23.5 Å². The maximum atomic E-state index is 13.4. The number of aryl methyl sites for hydroxylation is 1. The highest BCUT2D eigenvalue weighted by Gasteiger charge is 2.50. The molecule has 0 radical (unpaired) electrons. The minimum atomic E-state index is -4.59. The number of hydrogen-bond acceptors (Lipinski definition) is 5. The van der Waals surface area contributed by atoms with Crippen molar-refractivity contribution in [3.63, 3.8) is 0 Å². The summed E-state index contributed by atoms with van der Waals surface area (Å²) in [5, 5.41) is 5.47. The first kappa shape index (κ1) is 26.1. The van der Waals surface area contributed by atoms with Gasteiger partial charge in [0.25, 0.3) is 5.91 Å². The Bertz CT molecular complexity index is 1490. The number of nitrogens with one attached hydrogen (secondary N) is 2. The number of halogens is 3. The normalized spacial score (nSPS) is 25.9. The van der Waals surface area contributed by atoms with Gasteiger partial charge in [-0.15, -0.1) is 0 Å². The monoisotopic (exact) mass is 552 g/mol. The molecule has 1 spiro atoms. The summed E-state index contributed by atoms with van der Waals surface area (Å²) in [6, 6.07) is 12.3. The molecule has 2 aliphatic heterocycles. The average molecular weight is 553 g/mol. The van der Waals surface area contributed by atoms with Crippen LogP contribution < -0.4 is 10.6 Å². The predicted octanol–water partition coefficient (Wildman–Crippen LogP) is 4.12. The van der Waals surface area contributed by atoms with Crippen LogP contribution in [0.4, 0.5) is 19.0 Å². The maximum Gasteiger partial charge on any atom is 0.406 e. The molecule has 6 rings (SSSR count). The van der Waals surface area contributed by atoms with Gasteiger partial charge in [-0.2, -0.15) is 13.2 Å². The minimum Gasteiger partial charge on any atom is -0.456 e. The van der Waals surface area contributed by atoms with Gasteiger partial charge in [-0.1, -0.05) is 36.4 Å². The number of piperidine rings is 1. The molecule has 208 valence electrons. The number of furan rings is 1. The van der Waals surface area contributed by atoms with Gasteiger partial charge < -0.3 is 20.0 Å². The van der Waals surface area contributed by atoms with Crippen molar-refractivity contribution in [3.05, 3.63) is 82.9 Å². The number of benzene rings is 1. The van der Waals surface area contributed by atoms with Crippen LogP contribution in [0.5, 0.6) is 0 Å². The van der Waals surface area contributed by atoms with Gasteiger partial charge in [0.2, 0.25) is 11.8 Å². The van der Waals surface area contributed by atoms with Gasteiger partial charge >= 0.3 is 6.18 Å². The number of alkyl halides is 3. The molecule has 0 unspecified atom stereocenters. The first-order chi connectivity index (χ1) is 19.1. The molecule has 4 atom stereocenters. The van der Waals surface area contributed by atoms with Gasteiger partial charge in [0.1, 0.15) is 24.2 Å². The largest absolute Gasteiger partial charge is 0.456 e. The molecule has 2 N–H and O–H groups in total. The first-order valence-corrected chi connectivity index (χ1v) is 13.2. The molecule has 4 heterocycles. The summed E-state index contributed by atoms with van der Waals surface area (Å²) in [4.78, 5) is 44.5. The number of carbonyl (C=O) groups excluding carboxylic acids is 3. The minimum absolute atomic E-state index is 0.0445. The van der Waals surface area contributed by atoms with Crippen LogP contribution >= 0.6 is 0 Å². The summed E-state index contributed by atoms with van der Waals surface area (Å²) in [6.07, 6.45) is -1.62. The molecular weight excluding hydrogens is 525 g/mol. The molecule has 11 heteroatoms. The second-order valence-electron chi connectivity index (χ2n) is 10.8.